The van der Waals surface area contributed by atoms with Gasteiger partial charge in [-0.05, 0) is 43.3 Å². The molecular formula is C19H21Cl2FN3O+. The van der Waals surface area contributed by atoms with Crippen molar-refractivity contribution in [3.05, 3.63) is 58.3 Å². The second kappa shape index (κ2) is 8.25. The van der Waals surface area contributed by atoms with E-state index in [9.17, 15) is 9.18 Å². The quantitative estimate of drug-likeness (QED) is 0.833. The van der Waals surface area contributed by atoms with Gasteiger partial charge in [-0.15, -0.1) is 0 Å². The van der Waals surface area contributed by atoms with Crippen molar-refractivity contribution in [3.8, 4) is 0 Å². The molecule has 7 heteroatoms. The van der Waals surface area contributed by atoms with Crippen LogP contribution in [-0.2, 0) is 4.79 Å². The Morgan fingerprint density at radius 2 is 1.69 bits per heavy atom. The van der Waals surface area contributed by atoms with Crippen molar-refractivity contribution in [1.82, 2.24) is 0 Å². The Morgan fingerprint density at radius 3 is 2.27 bits per heavy atom. The van der Waals surface area contributed by atoms with Crippen LogP contribution in [0.1, 0.15) is 6.92 Å². The number of quaternary nitrogens is 1. The average molecular weight is 397 g/mol. The van der Waals surface area contributed by atoms with E-state index in [1.165, 1.54) is 17.0 Å². The first-order valence-corrected chi connectivity index (χ1v) is 9.31. The summed E-state index contributed by atoms with van der Waals surface area (Å²) in [6, 6.07) is 11.4. The average Bonchev–Trinajstić information content (AvgIpc) is 2.65. The molecule has 0 spiro atoms. The third kappa shape index (κ3) is 4.29. The van der Waals surface area contributed by atoms with E-state index >= 15 is 0 Å². The van der Waals surface area contributed by atoms with Gasteiger partial charge >= 0.3 is 0 Å². The molecule has 138 valence electrons. The fourth-order valence-corrected chi connectivity index (χ4v) is 3.66. The molecule has 0 unspecified atom stereocenters. The SMILES string of the molecule is C[C@@H](C(=O)Nc1c(Cl)cccc1Cl)[NH+]1CCN(c2ccc(F)cc2)CC1. The summed E-state index contributed by atoms with van der Waals surface area (Å²) < 4.78 is 13.1. The lowest BCUT2D eigenvalue weighted by Gasteiger charge is -2.36. The zero-order valence-electron chi connectivity index (χ0n) is 14.4. The Bertz CT molecular complexity index is 757. The molecule has 0 bridgehead atoms. The molecule has 0 aromatic heterocycles. The summed E-state index contributed by atoms with van der Waals surface area (Å²) in [4.78, 5) is 16.0. The highest BCUT2D eigenvalue weighted by Gasteiger charge is 2.29. The van der Waals surface area contributed by atoms with Gasteiger partial charge in [-0.3, -0.25) is 4.79 Å². The summed E-state index contributed by atoms with van der Waals surface area (Å²) in [6.45, 7) is 5.17. The fourth-order valence-electron chi connectivity index (χ4n) is 3.17. The number of rotatable bonds is 4. The highest BCUT2D eigenvalue weighted by atomic mass is 35.5. The summed E-state index contributed by atoms with van der Waals surface area (Å²) in [6.07, 6.45) is 0. The predicted octanol–water partition coefficient (Wildman–Crippen LogP) is 2.86. The van der Waals surface area contributed by atoms with Crippen LogP contribution in [0.5, 0.6) is 0 Å². The Balaban J connectivity index is 1.58. The van der Waals surface area contributed by atoms with E-state index in [1.54, 1.807) is 30.3 Å². The molecule has 3 rings (SSSR count). The monoisotopic (exact) mass is 396 g/mol. The molecule has 26 heavy (non-hydrogen) atoms. The smallest absolute Gasteiger partial charge is 0.282 e. The van der Waals surface area contributed by atoms with Crippen LogP contribution in [0.25, 0.3) is 0 Å². The molecule has 2 N–H and O–H groups in total. The van der Waals surface area contributed by atoms with Gasteiger partial charge in [-0.25, -0.2) is 4.39 Å². The van der Waals surface area contributed by atoms with Crippen molar-refractivity contribution < 1.29 is 14.1 Å². The number of piperazine rings is 1. The van der Waals surface area contributed by atoms with Gasteiger partial charge in [0.15, 0.2) is 6.04 Å². The molecule has 2 aromatic carbocycles. The molecule has 4 nitrogen and oxygen atoms in total. The number of carbonyl (C=O) groups excluding carboxylic acids is 1. The zero-order chi connectivity index (χ0) is 18.7. The van der Waals surface area contributed by atoms with Crippen LogP contribution in [0.4, 0.5) is 15.8 Å². The molecule has 1 heterocycles. The lowest BCUT2D eigenvalue weighted by molar-refractivity contribution is -0.914. The highest BCUT2D eigenvalue weighted by molar-refractivity contribution is 6.39. The molecule has 0 aliphatic carbocycles. The fraction of sp³-hybridized carbons (Fsp3) is 0.316. The Kier molecular flexibility index (Phi) is 6.01. The highest BCUT2D eigenvalue weighted by Crippen LogP contribution is 2.29. The van der Waals surface area contributed by atoms with E-state index in [1.807, 2.05) is 6.92 Å². The van der Waals surface area contributed by atoms with Gasteiger partial charge in [0, 0.05) is 5.69 Å². The molecular weight excluding hydrogens is 376 g/mol. The Hall–Kier alpha value is -1.82. The van der Waals surface area contributed by atoms with Crippen molar-refractivity contribution >= 4 is 40.5 Å². The van der Waals surface area contributed by atoms with E-state index in [0.717, 1.165) is 31.9 Å². The van der Waals surface area contributed by atoms with E-state index in [2.05, 4.69) is 10.2 Å². The molecule has 0 saturated carbocycles. The maximum atomic E-state index is 13.1. The van der Waals surface area contributed by atoms with Crippen LogP contribution in [0.2, 0.25) is 10.0 Å². The van der Waals surface area contributed by atoms with E-state index in [4.69, 9.17) is 23.2 Å². The summed E-state index contributed by atoms with van der Waals surface area (Å²) in [5.74, 6) is -0.341. The minimum absolute atomic E-state index is 0.106. The van der Waals surface area contributed by atoms with Crippen LogP contribution in [-0.4, -0.2) is 38.1 Å². The van der Waals surface area contributed by atoms with Crippen LogP contribution >= 0.6 is 23.2 Å². The van der Waals surface area contributed by atoms with Gasteiger partial charge in [-0.1, -0.05) is 29.3 Å². The first kappa shape index (κ1) is 19.0. The molecule has 0 radical (unpaired) electrons. The van der Waals surface area contributed by atoms with Gasteiger partial charge < -0.3 is 15.1 Å². The number of para-hydroxylation sites is 1. The second-order valence-corrected chi connectivity index (χ2v) is 7.24. The third-order valence-electron chi connectivity index (χ3n) is 4.81. The van der Waals surface area contributed by atoms with Crippen LogP contribution in [0.15, 0.2) is 42.5 Å². The van der Waals surface area contributed by atoms with Gasteiger partial charge in [0.1, 0.15) is 5.82 Å². The van der Waals surface area contributed by atoms with Gasteiger partial charge in [0.25, 0.3) is 5.91 Å². The number of amides is 1. The molecule has 1 fully saturated rings. The van der Waals surface area contributed by atoms with Crippen molar-refractivity contribution in [2.45, 2.75) is 13.0 Å². The van der Waals surface area contributed by atoms with Crippen molar-refractivity contribution in [3.63, 3.8) is 0 Å². The van der Waals surface area contributed by atoms with Crippen LogP contribution < -0.4 is 15.1 Å². The Labute approximate surface area is 162 Å². The summed E-state index contributed by atoms with van der Waals surface area (Å²) in [7, 11) is 0. The Morgan fingerprint density at radius 1 is 1.12 bits per heavy atom. The summed E-state index contributed by atoms with van der Waals surface area (Å²) in [5.41, 5.74) is 1.46. The maximum absolute atomic E-state index is 13.1. The number of benzene rings is 2. The van der Waals surface area contributed by atoms with E-state index < -0.39 is 0 Å². The second-order valence-electron chi connectivity index (χ2n) is 6.43. The molecule has 1 aliphatic rings. The number of nitrogens with one attached hydrogen (secondary N) is 2. The topological polar surface area (TPSA) is 36.8 Å². The van der Waals surface area contributed by atoms with Gasteiger partial charge in [-0.2, -0.15) is 0 Å². The summed E-state index contributed by atoms with van der Waals surface area (Å²) >= 11 is 12.2. The number of halogens is 3. The van der Waals surface area contributed by atoms with Crippen molar-refractivity contribution in [2.75, 3.05) is 36.4 Å². The standard InChI is InChI=1S/C19H20Cl2FN3O/c1-13(19(26)23-18-16(20)3-2-4-17(18)21)24-9-11-25(12-10-24)15-7-5-14(22)6-8-15/h2-8,13H,9-12H2,1H3,(H,23,26)/p+1/t13-/m0/s1. The number of hydrogen-bond acceptors (Lipinski definition) is 2. The van der Waals surface area contributed by atoms with Gasteiger partial charge in [0.2, 0.25) is 0 Å². The first-order valence-electron chi connectivity index (χ1n) is 8.55. The zero-order valence-corrected chi connectivity index (χ0v) is 15.9. The molecule has 1 amide bonds. The number of anilines is 2. The van der Waals surface area contributed by atoms with E-state index in [-0.39, 0.29) is 17.8 Å². The maximum Gasteiger partial charge on any atom is 0.282 e. The molecule has 1 atom stereocenters. The minimum Gasteiger partial charge on any atom is -0.360 e. The van der Waals surface area contributed by atoms with Gasteiger partial charge in [0.05, 0.1) is 41.9 Å². The number of nitrogens with zero attached hydrogens (tertiary/aromatic N) is 1. The third-order valence-corrected chi connectivity index (χ3v) is 5.44. The lowest BCUT2D eigenvalue weighted by Crippen LogP contribution is -3.19. The predicted molar refractivity (Wildman–Crippen MR) is 104 cm³/mol. The van der Waals surface area contributed by atoms with Crippen LogP contribution in [0, 0.1) is 5.82 Å². The lowest BCUT2D eigenvalue weighted by atomic mass is 10.2. The normalized spacial score (nSPS) is 16.4. The number of carbonyl (C=O) groups is 1. The molecule has 1 saturated heterocycles. The summed E-state index contributed by atoms with van der Waals surface area (Å²) in [5, 5.41) is 3.70. The molecule has 2 aromatic rings. The van der Waals surface area contributed by atoms with E-state index in [0.29, 0.717) is 15.7 Å². The minimum atomic E-state index is -0.235. The first-order chi connectivity index (χ1) is 12.5. The largest absolute Gasteiger partial charge is 0.360 e. The number of hydrogen-bond donors (Lipinski definition) is 2. The van der Waals surface area contributed by atoms with Crippen molar-refractivity contribution in [2.24, 2.45) is 0 Å². The van der Waals surface area contributed by atoms with Crippen molar-refractivity contribution in [1.29, 1.82) is 0 Å². The molecule has 1 aliphatic heterocycles. The van der Waals surface area contributed by atoms with Crippen LogP contribution in [0.3, 0.4) is 0 Å².